The number of morpholine rings is 1. The zero-order valence-corrected chi connectivity index (χ0v) is 20.9. The molecule has 2 aromatic carbocycles. The number of carbonyl (C=O) groups is 2. The molecule has 0 saturated carbocycles. The lowest BCUT2D eigenvalue weighted by Crippen LogP contribution is -2.45. The number of carbonyl (C=O) groups excluding carboxylic acids is 2. The standard InChI is InChI=1S/C26H29N3O5S/c1-4-23(25(31)28-13-15-34-16-14-28)35-26-27-22(17-18-5-9-20(32-2)10-6-18)24(30)29(26)19-7-11-21(33-3)12-8-19/h5-12,17,23H,4,13-16H2,1-3H3/b22-17+/t23-/m1/s1. The Morgan fingerprint density at radius 3 is 2.23 bits per heavy atom. The fraction of sp³-hybridized carbons (Fsp3) is 0.346. The van der Waals surface area contributed by atoms with Crippen molar-refractivity contribution in [2.45, 2.75) is 18.6 Å². The summed E-state index contributed by atoms with van der Waals surface area (Å²) in [6.45, 7) is 4.20. The first kappa shape index (κ1) is 24.8. The van der Waals surface area contributed by atoms with E-state index in [2.05, 4.69) is 4.99 Å². The quantitative estimate of drug-likeness (QED) is 0.544. The molecule has 0 N–H and O–H groups in total. The van der Waals surface area contributed by atoms with Gasteiger partial charge in [0.25, 0.3) is 5.91 Å². The lowest BCUT2D eigenvalue weighted by Gasteiger charge is -2.30. The van der Waals surface area contributed by atoms with E-state index < -0.39 is 0 Å². The summed E-state index contributed by atoms with van der Waals surface area (Å²) in [5.74, 6) is 1.21. The summed E-state index contributed by atoms with van der Waals surface area (Å²) in [4.78, 5) is 34.8. The Morgan fingerprint density at radius 1 is 1.06 bits per heavy atom. The van der Waals surface area contributed by atoms with Crippen LogP contribution in [0, 0.1) is 0 Å². The van der Waals surface area contributed by atoms with Crippen molar-refractivity contribution in [3.8, 4) is 11.5 Å². The van der Waals surface area contributed by atoms with Crippen LogP contribution in [0.2, 0.25) is 0 Å². The summed E-state index contributed by atoms with van der Waals surface area (Å²) >= 11 is 1.32. The van der Waals surface area contributed by atoms with Crippen molar-refractivity contribution in [1.82, 2.24) is 4.90 Å². The number of thioether (sulfide) groups is 1. The van der Waals surface area contributed by atoms with Gasteiger partial charge in [0.2, 0.25) is 5.91 Å². The second-order valence-corrected chi connectivity index (χ2v) is 9.16. The van der Waals surface area contributed by atoms with Gasteiger partial charge in [-0.2, -0.15) is 0 Å². The van der Waals surface area contributed by atoms with Crippen LogP contribution in [0.3, 0.4) is 0 Å². The molecule has 2 heterocycles. The number of amides is 2. The third-order valence-electron chi connectivity index (χ3n) is 5.80. The van der Waals surface area contributed by atoms with Gasteiger partial charge in [-0.05, 0) is 54.5 Å². The van der Waals surface area contributed by atoms with Gasteiger partial charge in [-0.1, -0.05) is 30.8 Å². The van der Waals surface area contributed by atoms with Gasteiger partial charge in [-0.25, -0.2) is 4.99 Å². The van der Waals surface area contributed by atoms with E-state index in [4.69, 9.17) is 14.2 Å². The van der Waals surface area contributed by atoms with Crippen LogP contribution in [0.5, 0.6) is 11.5 Å². The van der Waals surface area contributed by atoms with Crippen molar-refractivity contribution < 1.29 is 23.8 Å². The van der Waals surface area contributed by atoms with Crippen molar-refractivity contribution in [3.05, 3.63) is 59.8 Å². The monoisotopic (exact) mass is 495 g/mol. The molecule has 1 saturated heterocycles. The first-order chi connectivity index (χ1) is 17.0. The van der Waals surface area contributed by atoms with Gasteiger partial charge in [0.1, 0.15) is 17.2 Å². The highest BCUT2D eigenvalue weighted by Gasteiger charge is 2.36. The fourth-order valence-electron chi connectivity index (χ4n) is 3.82. The normalized spacial score (nSPS) is 18.0. The Bertz CT molecular complexity index is 1110. The van der Waals surface area contributed by atoms with Crippen LogP contribution in [0.15, 0.2) is 59.2 Å². The van der Waals surface area contributed by atoms with Crippen molar-refractivity contribution >= 4 is 40.5 Å². The van der Waals surface area contributed by atoms with Gasteiger partial charge in [0, 0.05) is 13.1 Å². The van der Waals surface area contributed by atoms with Crippen LogP contribution in [0.4, 0.5) is 5.69 Å². The summed E-state index contributed by atoms with van der Waals surface area (Å²) in [7, 11) is 3.20. The first-order valence-electron chi connectivity index (χ1n) is 11.5. The summed E-state index contributed by atoms with van der Waals surface area (Å²) in [6, 6.07) is 14.6. The molecule has 2 aromatic rings. The average Bonchev–Trinajstić information content (AvgIpc) is 3.21. The highest BCUT2D eigenvalue weighted by Crippen LogP contribution is 2.33. The molecule has 9 heteroatoms. The molecule has 2 aliphatic heterocycles. The molecule has 1 fully saturated rings. The molecule has 0 bridgehead atoms. The van der Waals surface area contributed by atoms with E-state index in [9.17, 15) is 9.59 Å². The van der Waals surface area contributed by atoms with Crippen molar-refractivity contribution in [1.29, 1.82) is 0 Å². The number of benzene rings is 2. The molecule has 0 spiro atoms. The predicted molar refractivity (Wildman–Crippen MR) is 138 cm³/mol. The highest BCUT2D eigenvalue weighted by atomic mass is 32.2. The maximum absolute atomic E-state index is 13.5. The highest BCUT2D eigenvalue weighted by molar-refractivity contribution is 8.15. The van der Waals surface area contributed by atoms with E-state index in [1.165, 1.54) is 11.8 Å². The Kier molecular flexibility index (Phi) is 8.09. The Labute approximate surface area is 209 Å². The van der Waals surface area contributed by atoms with Crippen LogP contribution in [-0.2, 0) is 14.3 Å². The fourth-order valence-corrected chi connectivity index (χ4v) is 4.93. The number of hydrogen-bond donors (Lipinski definition) is 0. The summed E-state index contributed by atoms with van der Waals surface area (Å²) in [6.07, 6.45) is 2.36. The molecule has 2 aliphatic rings. The predicted octanol–water partition coefficient (Wildman–Crippen LogP) is 3.82. The molecule has 0 aliphatic carbocycles. The molecular formula is C26H29N3O5S. The average molecular weight is 496 g/mol. The molecule has 184 valence electrons. The first-order valence-corrected chi connectivity index (χ1v) is 12.4. The Morgan fingerprint density at radius 2 is 1.66 bits per heavy atom. The Hall–Kier alpha value is -3.30. The number of anilines is 1. The lowest BCUT2D eigenvalue weighted by atomic mass is 10.2. The van der Waals surface area contributed by atoms with Crippen LogP contribution < -0.4 is 14.4 Å². The second-order valence-electron chi connectivity index (χ2n) is 7.99. The molecule has 8 nitrogen and oxygen atoms in total. The third-order valence-corrected chi connectivity index (χ3v) is 7.10. The molecule has 4 rings (SSSR count). The molecular weight excluding hydrogens is 466 g/mol. The molecule has 35 heavy (non-hydrogen) atoms. The molecule has 0 aromatic heterocycles. The minimum atomic E-state index is -0.360. The number of rotatable bonds is 7. The third kappa shape index (κ3) is 5.68. The minimum absolute atomic E-state index is 0.0400. The topological polar surface area (TPSA) is 80.7 Å². The van der Waals surface area contributed by atoms with E-state index in [1.54, 1.807) is 37.3 Å². The van der Waals surface area contributed by atoms with Crippen LogP contribution in [0.25, 0.3) is 6.08 Å². The summed E-state index contributed by atoms with van der Waals surface area (Å²) in [5, 5.41) is 0.120. The SMILES string of the molecule is CC[C@@H](SC1=N/C(=C/c2ccc(OC)cc2)C(=O)N1c1ccc(OC)cc1)C(=O)N1CCOCC1. The molecule has 2 amide bonds. The van der Waals surface area contributed by atoms with Crippen LogP contribution in [0.1, 0.15) is 18.9 Å². The van der Waals surface area contributed by atoms with Gasteiger partial charge in [-0.15, -0.1) is 0 Å². The van der Waals surface area contributed by atoms with Crippen molar-refractivity contribution in [2.75, 3.05) is 45.4 Å². The molecule has 0 unspecified atom stereocenters. The van der Waals surface area contributed by atoms with E-state index in [-0.39, 0.29) is 17.1 Å². The van der Waals surface area contributed by atoms with Gasteiger partial charge in [0.15, 0.2) is 5.17 Å². The Balaban J connectivity index is 1.65. The van der Waals surface area contributed by atoms with Crippen LogP contribution >= 0.6 is 11.8 Å². The largest absolute Gasteiger partial charge is 0.497 e. The lowest BCUT2D eigenvalue weighted by molar-refractivity contribution is -0.134. The number of nitrogens with zero attached hydrogens (tertiary/aromatic N) is 3. The minimum Gasteiger partial charge on any atom is -0.497 e. The van der Waals surface area contributed by atoms with Gasteiger partial charge in [-0.3, -0.25) is 14.5 Å². The zero-order chi connectivity index (χ0) is 24.8. The number of methoxy groups -OCH3 is 2. The molecule has 0 radical (unpaired) electrons. The number of hydrogen-bond acceptors (Lipinski definition) is 7. The van der Waals surface area contributed by atoms with Gasteiger partial charge >= 0.3 is 0 Å². The van der Waals surface area contributed by atoms with E-state index >= 15 is 0 Å². The van der Waals surface area contributed by atoms with E-state index in [0.717, 1.165) is 11.3 Å². The summed E-state index contributed by atoms with van der Waals surface area (Å²) in [5.41, 5.74) is 1.80. The van der Waals surface area contributed by atoms with E-state index in [1.807, 2.05) is 48.2 Å². The van der Waals surface area contributed by atoms with Crippen molar-refractivity contribution in [2.24, 2.45) is 4.99 Å². The number of ether oxygens (including phenoxy) is 3. The maximum Gasteiger partial charge on any atom is 0.283 e. The van der Waals surface area contributed by atoms with Crippen LogP contribution in [-0.4, -0.2) is 67.7 Å². The van der Waals surface area contributed by atoms with Gasteiger partial charge in [0.05, 0.1) is 38.4 Å². The van der Waals surface area contributed by atoms with Gasteiger partial charge < -0.3 is 19.1 Å². The summed E-state index contributed by atoms with van der Waals surface area (Å²) < 4.78 is 15.9. The number of aliphatic imine (C=N–C) groups is 1. The number of amidine groups is 1. The van der Waals surface area contributed by atoms with E-state index in [0.29, 0.717) is 55.0 Å². The maximum atomic E-state index is 13.5. The zero-order valence-electron chi connectivity index (χ0n) is 20.1. The van der Waals surface area contributed by atoms with Crippen molar-refractivity contribution in [3.63, 3.8) is 0 Å². The smallest absolute Gasteiger partial charge is 0.283 e. The molecule has 1 atom stereocenters. The second kappa shape index (κ2) is 11.4.